The Balaban J connectivity index is 0.00000182. The van der Waals surface area contributed by atoms with E-state index in [1.165, 1.54) is 0 Å². The molecule has 0 bridgehead atoms. The Kier molecular flexibility index (Phi) is 5.01. The number of fused-ring (bicyclic) bond motifs is 1. The van der Waals surface area contributed by atoms with Crippen LogP contribution >= 0.6 is 12.4 Å². The minimum absolute atomic E-state index is 0. The number of pyridine rings is 1. The van der Waals surface area contributed by atoms with Gasteiger partial charge in [-0.05, 0) is 36.2 Å². The summed E-state index contributed by atoms with van der Waals surface area (Å²) in [7, 11) is 0. The second-order valence-electron chi connectivity index (χ2n) is 6.15. The zero-order valence-electron chi connectivity index (χ0n) is 13.9. The van der Waals surface area contributed by atoms with Crippen LogP contribution in [0.2, 0.25) is 0 Å². The second-order valence-corrected chi connectivity index (χ2v) is 6.15. The first-order valence-electron chi connectivity index (χ1n) is 8.09. The number of amides is 1. The number of benzene rings is 1. The number of rotatable bonds is 2. The zero-order valence-corrected chi connectivity index (χ0v) is 14.7. The maximum atomic E-state index is 13.3. The van der Waals surface area contributed by atoms with Gasteiger partial charge < -0.3 is 10.2 Å². The Hall–Kier alpha value is -2.44. The number of nitrogens with one attached hydrogen (secondary N) is 2. The number of H-pyrrole nitrogens is 1. The summed E-state index contributed by atoms with van der Waals surface area (Å²) in [5, 5.41) is 11.4. The molecule has 2 N–H and O–H groups in total. The van der Waals surface area contributed by atoms with Gasteiger partial charge in [0.2, 0.25) is 0 Å². The molecule has 1 unspecified atom stereocenters. The second kappa shape index (κ2) is 7.21. The number of nitrogens with zero attached hydrogens (tertiary/aromatic N) is 3. The van der Waals surface area contributed by atoms with Crippen LogP contribution in [0, 0.1) is 6.92 Å². The van der Waals surface area contributed by atoms with Crippen molar-refractivity contribution in [1.29, 1.82) is 0 Å². The van der Waals surface area contributed by atoms with Gasteiger partial charge in [-0.15, -0.1) is 12.4 Å². The summed E-state index contributed by atoms with van der Waals surface area (Å²) in [6, 6.07) is 7.88. The number of hydrogen-bond donors (Lipinski definition) is 2. The van der Waals surface area contributed by atoms with E-state index < -0.39 is 0 Å². The van der Waals surface area contributed by atoms with E-state index in [1.54, 1.807) is 12.4 Å². The molecule has 1 aliphatic rings. The van der Waals surface area contributed by atoms with Gasteiger partial charge in [0.25, 0.3) is 5.91 Å². The number of hydrogen-bond acceptors (Lipinski definition) is 4. The summed E-state index contributed by atoms with van der Waals surface area (Å²) in [6.45, 7) is 4.19. The lowest BCUT2D eigenvalue weighted by Crippen LogP contribution is -2.48. The summed E-state index contributed by atoms with van der Waals surface area (Å²) in [5.74, 6) is 0.0308. The fourth-order valence-electron chi connectivity index (χ4n) is 3.35. The zero-order chi connectivity index (χ0) is 16.5. The van der Waals surface area contributed by atoms with E-state index >= 15 is 0 Å². The van der Waals surface area contributed by atoms with Crippen LogP contribution in [0.1, 0.15) is 27.5 Å². The number of carbonyl (C=O) groups is 1. The number of aryl methyl sites for hydroxylation is 1. The number of aromatic nitrogens is 3. The minimum atomic E-state index is -0.0153. The van der Waals surface area contributed by atoms with Crippen LogP contribution in [0.5, 0.6) is 0 Å². The Labute approximate surface area is 152 Å². The Morgan fingerprint density at radius 3 is 3.00 bits per heavy atom. The number of halogens is 1. The Morgan fingerprint density at radius 1 is 1.32 bits per heavy atom. The standard InChI is InChI=1S/C18H19N5O.ClH/c1-12-7-14-10-21-22-17(14)15(8-12)18(24)23-6-5-20-11-16(23)13-3-2-4-19-9-13;/h2-4,7-10,16,20H,5-6,11H2,1H3,(H,21,22);1H. The predicted octanol–water partition coefficient (Wildman–Crippen LogP) is 2.47. The van der Waals surface area contributed by atoms with Gasteiger partial charge in [0.05, 0.1) is 23.3 Å². The van der Waals surface area contributed by atoms with Crippen molar-refractivity contribution in [2.45, 2.75) is 13.0 Å². The molecule has 1 amide bonds. The molecular weight excluding hydrogens is 338 g/mol. The molecule has 1 fully saturated rings. The van der Waals surface area contributed by atoms with Crippen molar-refractivity contribution in [2.75, 3.05) is 19.6 Å². The molecule has 3 heterocycles. The largest absolute Gasteiger partial charge is 0.329 e. The molecule has 2 aromatic heterocycles. The Morgan fingerprint density at radius 2 is 2.20 bits per heavy atom. The van der Waals surface area contributed by atoms with Crippen molar-refractivity contribution < 1.29 is 4.79 Å². The topological polar surface area (TPSA) is 73.9 Å². The smallest absolute Gasteiger partial charge is 0.256 e. The fourth-order valence-corrected chi connectivity index (χ4v) is 3.35. The first-order chi connectivity index (χ1) is 11.7. The van der Waals surface area contributed by atoms with Crippen LogP contribution in [0.25, 0.3) is 10.9 Å². The highest BCUT2D eigenvalue weighted by Crippen LogP contribution is 2.26. The van der Waals surface area contributed by atoms with Crippen molar-refractivity contribution in [3.63, 3.8) is 0 Å². The lowest BCUT2D eigenvalue weighted by atomic mass is 10.0. The molecule has 1 atom stereocenters. The monoisotopic (exact) mass is 357 g/mol. The fraction of sp³-hybridized carbons (Fsp3) is 0.278. The van der Waals surface area contributed by atoms with Gasteiger partial charge >= 0.3 is 0 Å². The van der Waals surface area contributed by atoms with Crippen molar-refractivity contribution >= 4 is 29.2 Å². The summed E-state index contributed by atoms with van der Waals surface area (Å²) in [5.41, 5.74) is 3.58. The van der Waals surface area contributed by atoms with E-state index in [0.29, 0.717) is 12.1 Å². The molecule has 1 aromatic carbocycles. The van der Waals surface area contributed by atoms with Crippen LogP contribution in [-0.2, 0) is 0 Å². The van der Waals surface area contributed by atoms with Crippen LogP contribution < -0.4 is 5.32 Å². The summed E-state index contributed by atoms with van der Waals surface area (Å²) in [4.78, 5) is 19.4. The average molecular weight is 358 g/mol. The maximum absolute atomic E-state index is 13.3. The third kappa shape index (κ3) is 3.23. The molecule has 1 aliphatic heterocycles. The molecule has 3 aromatic rings. The van der Waals surface area contributed by atoms with Gasteiger partial charge in [0.15, 0.2) is 0 Å². The molecule has 7 heteroatoms. The first kappa shape index (κ1) is 17.4. The highest BCUT2D eigenvalue weighted by atomic mass is 35.5. The third-order valence-electron chi connectivity index (χ3n) is 4.50. The molecule has 130 valence electrons. The molecular formula is C18H20ClN5O. The lowest BCUT2D eigenvalue weighted by molar-refractivity contribution is 0.0635. The SMILES string of the molecule is Cc1cc(C(=O)N2CCNCC2c2cccnc2)c2[nH]ncc2c1.Cl. The molecule has 0 spiro atoms. The van der Waals surface area contributed by atoms with E-state index in [2.05, 4.69) is 20.5 Å². The summed E-state index contributed by atoms with van der Waals surface area (Å²) < 4.78 is 0. The first-order valence-corrected chi connectivity index (χ1v) is 8.09. The summed E-state index contributed by atoms with van der Waals surface area (Å²) >= 11 is 0. The van der Waals surface area contributed by atoms with Gasteiger partial charge in [-0.1, -0.05) is 6.07 Å². The molecule has 1 saturated heterocycles. The van der Waals surface area contributed by atoms with Crippen LogP contribution in [-0.4, -0.2) is 45.6 Å². The van der Waals surface area contributed by atoms with Crippen LogP contribution in [0.15, 0.2) is 42.9 Å². The molecule has 0 aliphatic carbocycles. The van der Waals surface area contributed by atoms with Gasteiger partial charge in [0, 0.05) is 37.4 Å². The normalized spacial score (nSPS) is 17.3. The predicted molar refractivity (Wildman–Crippen MR) is 99.0 cm³/mol. The van der Waals surface area contributed by atoms with Gasteiger partial charge in [0.1, 0.15) is 0 Å². The van der Waals surface area contributed by atoms with E-state index in [1.807, 2.05) is 42.3 Å². The van der Waals surface area contributed by atoms with Gasteiger partial charge in [-0.25, -0.2) is 0 Å². The Bertz CT molecular complexity index is 880. The van der Waals surface area contributed by atoms with Gasteiger partial charge in [-0.2, -0.15) is 5.10 Å². The average Bonchev–Trinajstić information content (AvgIpc) is 3.09. The number of piperazine rings is 1. The lowest BCUT2D eigenvalue weighted by Gasteiger charge is -2.36. The quantitative estimate of drug-likeness (QED) is 0.739. The molecule has 0 radical (unpaired) electrons. The van der Waals surface area contributed by atoms with E-state index in [-0.39, 0.29) is 24.4 Å². The molecule has 4 rings (SSSR count). The van der Waals surface area contributed by atoms with Crippen molar-refractivity contribution in [2.24, 2.45) is 0 Å². The van der Waals surface area contributed by atoms with E-state index in [4.69, 9.17) is 0 Å². The molecule has 6 nitrogen and oxygen atoms in total. The van der Waals surface area contributed by atoms with E-state index in [0.717, 1.165) is 35.1 Å². The van der Waals surface area contributed by atoms with Crippen molar-refractivity contribution in [3.8, 4) is 0 Å². The maximum Gasteiger partial charge on any atom is 0.256 e. The van der Waals surface area contributed by atoms with Crippen LogP contribution in [0.3, 0.4) is 0 Å². The molecule has 25 heavy (non-hydrogen) atoms. The van der Waals surface area contributed by atoms with E-state index in [9.17, 15) is 4.79 Å². The number of carbonyl (C=O) groups excluding carboxylic acids is 1. The molecule has 0 saturated carbocycles. The van der Waals surface area contributed by atoms with Crippen molar-refractivity contribution in [3.05, 3.63) is 59.5 Å². The van der Waals surface area contributed by atoms with Gasteiger partial charge in [-0.3, -0.25) is 14.9 Å². The van der Waals surface area contributed by atoms with Crippen LogP contribution in [0.4, 0.5) is 0 Å². The third-order valence-corrected chi connectivity index (χ3v) is 4.50. The highest BCUT2D eigenvalue weighted by Gasteiger charge is 2.30. The minimum Gasteiger partial charge on any atom is -0.329 e. The van der Waals surface area contributed by atoms with Crippen molar-refractivity contribution in [1.82, 2.24) is 25.4 Å². The highest BCUT2D eigenvalue weighted by molar-refractivity contribution is 6.06. The number of aromatic amines is 1. The summed E-state index contributed by atoms with van der Waals surface area (Å²) in [6.07, 6.45) is 5.34.